The van der Waals surface area contributed by atoms with E-state index in [9.17, 15) is 9.59 Å². The van der Waals surface area contributed by atoms with Crippen LogP contribution in [0.4, 0.5) is 0 Å². The van der Waals surface area contributed by atoms with E-state index in [2.05, 4.69) is 12.2 Å². The molecule has 4 heteroatoms. The number of imide groups is 1. The molecule has 0 aromatic carbocycles. The highest BCUT2D eigenvalue weighted by molar-refractivity contribution is 6.10. The Hall–Kier alpha value is -0.900. The van der Waals surface area contributed by atoms with Crippen molar-refractivity contribution >= 4 is 11.8 Å². The van der Waals surface area contributed by atoms with Crippen LogP contribution in [0.1, 0.15) is 34.1 Å². The number of nitrogens with zero attached hydrogens (tertiary/aromatic N) is 1. The van der Waals surface area contributed by atoms with Crippen LogP contribution in [0.25, 0.3) is 0 Å². The molecule has 1 saturated heterocycles. The molecule has 1 aliphatic carbocycles. The number of likely N-dealkylation sites (tertiary alicyclic amines) is 1. The molecule has 0 aromatic heterocycles. The van der Waals surface area contributed by atoms with Crippen molar-refractivity contribution in [3.63, 3.8) is 0 Å². The first-order chi connectivity index (χ1) is 7.95. The maximum absolute atomic E-state index is 12.1. The lowest BCUT2D eigenvalue weighted by Gasteiger charge is -2.25. The molecule has 0 aromatic rings. The third-order valence-corrected chi connectivity index (χ3v) is 4.28. The van der Waals surface area contributed by atoms with Gasteiger partial charge >= 0.3 is 0 Å². The van der Waals surface area contributed by atoms with Gasteiger partial charge in [-0.15, -0.1) is 0 Å². The molecule has 17 heavy (non-hydrogen) atoms. The van der Waals surface area contributed by atoms with E-state index in [1.165, 1.54) is 4.90 Å². The minimum absolute atomic E-state index is 0.0429. The minimum Gasteiger partial charge on any atom is -0.312 e. The van der Waals surface area contributed by atoms with Crippen molar-refractivity contribution in [2.75, 3.05) is 13.1 Å². The molecule has 4 nitrogen and oxygen atoms in total. The Bertz CT molecular complexity index is 327. The van der Waals surface area contributed by atoms with Crippen molar-refractivity contribution in [2.45, 2.75) is 40.2 Å². The maximum atomic E-state index is 12.1. The number of nitrogens with one attached hydrogen (secondary N) is 1. The fourth-order valence-electron chi connectivity index (χ4n) is 3.03. The molecule has 1 aliphatic heterocycles. The Kier molecular flexibility index (Phi) is 3.02. The second kappa shape index (κ2) is 4.09. The number of hydrogen-bond acceptors (Lipinski definition) is 3. The molecule has 96 valence electrons. The topological polar surface area (TPSA) is 49.4 Å². The van der Waals surface area contributed by atoms with Gasteiger partial charge < -0.3 is 5.32 Å². The van der Waals surface area contributed by atoms with Crippen LogP contribution in [-0.4, -0.2) is 35.8 Å². The third kappa shape index (κ3) is 1.79. The van der Waals surface area contributed by atoms with E-state index in [0.29, 0.717) is 6.54 Å². The van der Waals surface area contributed by atoms with Gasteiger partial charge in [0.15, 0.2) is 0 Å². The monoisotopic (exact) mass is 238 g/mol. The molecule has 2 fully saturated rings. The van der Waals surface area contributed by atoms with E-state index >= 15 is 0 Å². The van der Waals surface area contributed by atoms with Crippen LogP contribution < -0.4 is 5.32 Å². The van der Waals surface area contributed by atoms with Crippen LogP contribution in [0.15, 0.2) is 0 Å². The fourth-order valence-corrected chi connectivity index (χ4v) is 3.03. The normalized spacial score (nSPS) is 31.6. The van der Waals surface area contributed by atoms with E-state index in [4.69, 9.17) is 0 Å². The molecule has 1 heterocycles. The summed E-state index contributed by atoms with van der Waals surface area (Å²) in [5.41, 5.74) is -0.0927. The van der Waals surface area contributed by atoms with Crippen molar-refractivity contribution in [3.8, 4) is 0 Å². The summed E-state index contributed by atoms with van der Waals surface area (Å²) in [5, 5.41) is 3.30. The van der Waals surface area contributed by atoms with E-state index in [-0.39, 0.29) is 35.1 Å². The van der Waals surface area contributed by atoms with Crippen molar-refractivity contribution in [1.29, 1.82) is 0 Å². The lowest BCUT2D eigenvalue weighted by Crippen LogP contribution is -2.45. The predicted molar refractivity (Wildman–Crippen MR) is 65.2 cm³/mol. The summed E-state index contributed by atoms with van der Waals surface area (Å²) in [5.74, 6) is -0.00836. The molecule has 3 unspecified atom stereocenters. The van der Waals surface area contributed by atoms with E-state index < -0.39 is 0 Å². The quantitative estimate of drug-likeness (QED) is 0.727. The molecule has 3 atom stereocenters. The fraction of sp³-hybridized carbons (Fsp3) is 0.846. The average Bonchev–Trinajstić information content (AvgIpc) is 2.74. The van der Waals surface area contributed by atoms with Gasteiger partial charge in [0.25, 0.3) is 0 Å². The van der Waals surface area contributed by atoms with Crippen LogP contribution in [0.3, 0.4) is 0 Å². The molecular weight excluding hydrogens is 216 g/mol. The molecule has 1 N–H and O–H groups in total. The average molecular weight is 238 g/mol. The number of carbonyl (C=O) groups is 2. The number of hydrogen-bond donors (Lipinski definition) is 1. The highest BCUT2D eigenvalue weighted by Gasteiger charge is 2.72. The Morgan fingerprint density at radius 3 is 2.18 bits per heavy atom. The van der Waals surface area contributed by atoms with Gasteiger partial charge in [-0.05, 0) is 18.4 Å². The molecule has 2 aliphatic rings. The van der Waals surface area contributed by atoms with Gasteiger partial charge in [-0.2, -0.15) is 0 Å². The summed E-state index contributed by atoms with van der Waals surface area (Å²) in [6, 6.07) is 0.230. The second-order valence-corrected chi connectivity index (χ2v) is 5.73. The summed E-state index contributed by atoms with van der Waals surface area (Å²) in [7, 11) is 0. The zero-order chi connectivity index (χ0) is 12.8. The molecule has 2 amide bonds. The number of amides is 2. The van der Waals surface area contributed by atoms with E-state index in [1.807, 2.05) is 20.8 Å². The van der Waals surface area contributed by atoms with E-state index in [0.717, 1.165) is 13.0 Å². The van der Waals surface area contributed by atoms with Gasteiger partial charge in [0.2, 0.25) is 11.8 Å². The largest absolute Gasteiger partial charge is 0.312 e. The van der Waals surface area contributed by atoms with Gasteiger partial charge in [-0.25, -0.2) is 0 Å². The molecule has 2 rings (SSSR count). The highest BCUT2D eigenvalue weighted by atomic mass is 16.2. The van der Waals surface area contributed by atoms with Gasteiger partial charge in [0.05, 0.1) is 11.8 Å². The highest BCUT2D eigenvalue weighted by Crippen LogP contribution is 2.63. The summed E-state index contributed by atoms with van der Waals surface area (Å²) in [6.45, 7) is 9.53. The second-order valence-electron chi connectivity index (χ2n) is 5.73. The zero-order valence-corrected chi connectivity index (χ0v) is 11.1. The van der Waals surface area contributed by atoms with Crippen LogP contribution in [0.5, 0.6) is 0 Å². The van der Waals surface area contributed by atoms with Crippen molar-refractivity contribution in [2.24, 2.45) is 17.3 Å². The Morgan fingerprint density at radius 2 is 1.76 bits per heavy atom. The van der Waals surface area contributed by atoms with Crippen LogP contribution in [0.2, 0.25) is 0 Å². The van der Waals surface area contributed by atoms with Crippen molar-refractivity contribution < 1.29 is 9.59 Å². The molecule has 0 radical (unpaired) electrons. The zero-order valence-electron chi connectivity index (χ0n) is 11.1. The van der Waals surface area contributed by atoms with Crippen LogP contribution in [-0.2, 0) is 9.59 Å². The van der Waals surface area contributed by atoms with Crippen LogP contribution in [0, 0.1) is 17.3 Å². The molecular formula is C13H22N2O2. The molecule has 1 saturated carbocycles. The molecule has 0 spiro atoms. The lowest BCUT2D eigenvalue weighted by atomic mass is 10.0. The number of carbonyl (C=O) groups excluding carboxylic acids is 2. The lowest BCUT2D eigenvalue weighted by molar-refractivity contribution is -0.143. The number of piperidine rings is 1. The smallest absolute Gasteiger partial charge is 0.233 e. The Balaban J connectivity index is 2.01. The Labute approximate surface area is 103 Å². The first kappa shape index (κ1) is 12.6. The molecule has 0 bridgehead atoms. The first-order valence-corrected chi connectivity index (χ1v) is 6.53. The standard InChI is InChI=1S/C13H22N2O2/c1-5-8(14-6-2)7-15-11(16)9-10(12(15)17)13(9,3)4/h8-10,14H,5-7H2,1-4H3. The number of likely N-dealkylation sites (N-methyl/N-ethyl adjacent to an activating group) is 1. The summed E-state index contributed by atoms with van der Waals surface area (Å²) in [6.07, 6.45) is 0.934. The van der Waals surface area contributed by atoms with Gasteiger partial charge in [-0.3, -0.25) is 14.5 Å². The predicted octanol–water partition coefficient (Wildman–Crippen LogP) is 1.02. The van der Waals surface area contributed by atoms with E-state index in [1.54, 1.807) is 0 Å². The number of rotatable bonds is 5. The van der Waals surface area contributed by atoms with Crippen LogP contribution >= 0.6 is 0 Å². The summed E-state index contributed by atoms with van der Waals surface area (Å²) >= 11 is 0. The minimum atomic E-state index is -0.0927. The Morgan fingerprint density at radius 1 is 1.24 bits per heavy atom. The first-order valence-electron chi connectivity index (χ1n) is 6.53. The van der Waals surface area contributed by atoms with Gasteiger partial charge in [0.1, 0.15) is 0 Å². The van der Waals surface area contributed by atoms with Gasteiger partial charge in [-0.1, -0.05) is 27.7 Å². The summed E-state index contributed by atoms with van der Waals surface area (Å²) < 4.78 is 0. The maximum Gasteiger partial charge on any atom is 0.233 e. The SMILES string of the molecule is CCNC(CC)CN1C(=O)C2C(C1=O)C2(C)C. The summed E-state index contributed by atoms with van der Waals surface area (Å²) in [4.78, 5) is 25.7. The third-order valence-electron chi connectivity index (χ3n) is 4.28. The van der Waals surface area contributed by atoms with Crippen molar-refractivity contribution in [1.82, 2.24) is 10.2 Å². The van der Waals surface area contributed by atoms with Gasteiger partial charge in [0, 0.05) is 12.6 Å². The van der Waals surface area contributed by atoms with Crippen molar-refractivity contribution in [3.05, 3.63) is 0 Å². The number of fused-ring (bicyclic) bond motifs is 1.